The second-order valence-corrected chi connectivity index (χ2v) is 6.64. The van der Waals surface area contributed by atoms with Crippen LogP contribution in [-0.2, 0) is 4.79 Å². The molecule has 0 unspecified atom stereocenters. The summed E-state index contributed by atoms with van der Waals surface area (Å²) in [6.45, 7) is 7.15. The Balaban J connectivity index is 1.76. The topological polar surface area (TPSA) is 74.6 Å². The van der Waals surface area contributed by atoms with Crippen LogP contribution in [-0.4, -0.2) is 50.2 Å². The van der Waals surface area contributed by atoms with Gasteiger partial charge in [-0.05, 0) is 50.9 Å². The van der Waals surface area contributed by atoms with Crippen LogP contribution in [0.2, 0.25) is 0 Å². The molecule has 1 aliphatic rings. The van der Waals surface area contributed by atoms with Crippen molar-refractivity contribution in [1.82, 2.24) is 10.2 Å². The molecule has 1 amide bonds. The minimum atomic E-state index is -0.163. The van der Waals surface area contributed by atoms with E-state index in [0.29, 0.717) is 29.6 Å². The molecular weight excluding hydrogens is 318 g/mol. The Morgan fingerprint density at radius 2 is 2.12 bits per heavy atom. The molecule has 0 spiro atoms. The number of carbonyl (C=O) groups is 1. The molecule has 1 heterocycles. The van der Waals surface area contributed by atoms with E-state index in [9.17, 15) is 4.79 Å². The molecule has 25 heavy (non-hydrogen) atoms. The van der Waals surface area contributed by atoms with Gasteiger partial charge in [-0.1, -0.05) is 6.92 Å². The smallest absolute Gasteiger partial charge is 0.257 e. The molecule has 0 aromatic heterocycles. The number of nitriles is 1. The monoisotopic (exact) mass is 345 g/mol. The highest BCUT2D eigenvalue weighted by molar-refractivity contribution is 5.77. The third kappa shape index (κ3) is 5.64. The van der Waals surface area contributed by atoms with Crippen molar-refractivity contribution in [3.05, 3.63) is 23.8 Å². The van der Waals surface area contributed by atoms with Crippen LogP contribution in [0.5, 0.6) is 11.5 Å². The Labute approximate surface area is 149 Å². The summed E-state index contributed by atoms with van der Waals surface area (Å²) in [4.78, 5) is 14.5. The van der Waals surface area contributed by atoms with Crippen LogP contribution in [0.25, 0.3) is 0 Å². The third-order valence-electron chi connectivity index (χ3n) is 4.69. The minimum absolute atomic E-state index is 0.0774. The molecule has 0 aliphatic carbocycles. The minimum Gasteiger partial charge on any atom is -0.493 e. The standard InChI is InChI=1S/C19H27N3O3/c1-14-6-8-22(9-7-14)15(2)12-21-19(23)13-25-17-5-4-16(11-20)10-18(17)24-3/h4-5,10,14-15H,6-9,12-13H2,1-3H3,(H,21,23)/t15-/m1/s1. The fraction of sp³-hybridized carbons (Fsp3) is 0.579. The van der Waals surface area contributed by atoms with E-state index in [4.69, 9.17) is 14.7 Å². The number of likely N-dealkylation sites (tertiary alicyclic amines) is 1. The zero-order valence-electron chi connectivity index (χ0n) is 15.2. The summed E-state index contributed by atoms with van der Waals surface area (Å²) >= 11 is 0. The van der Waals surface area contributed by atoms with Gasteiger partial charge in [0.1, 0.15) is 0 Å². The lowest BCUT2D eigenvalue weighted by atomic mass is 9.98. The van der Waals surface area contributed by atoms with Crippen molar-refractivity contribution < 1.29 is 14.3 Å². The molecule has 1 aliphatic heterocycles. The molecule has 6 nitrogen and oxygen atoms in total. The van der Waals surface area contributed by atoms with Gasteiger partial charge in [-0.25, -0.2) is 0 Å². The van der Waals surface area contributed by atoms with E-state index in [0.717, 1.165) is 19.0 Å². The quantitative estimate of drug-likeness (QED) is 0.820. The number of piperidine rings is 1. The van der Waals surface area contributed by atoms with Crippen molar-refractivity contribution in [3.63, 3.8) is 0 Å². The first kappa shape index (κ1) is 19.1. The lowest BCUT2D eigenvalue weighted by molar-refractivity contribution is -0.123. The summed E-state index contributed by atoms with van der Waals surface area (Å²) in [5.74, 6) is 1.54. The zero-order chi connectivity index (χ0) is 18.2. The fourth-order valence-electron chi connectivity index (χ4n) is 2.91. The Kier molecular flexibility index (Phi) is 7.08. The lowest BCUT2D eigenvalue weighted by Gasteiger charge is -2.35. The SMILES string of the molecule is COc1cc(C#N)ccc1OCC(=O)NC[C@@H](C)N1CCC(C)CC1. The average molecular weight is 345 g/mol. The number of methoxy groups -OCH3 is 1. The van der Waals surface area contributed by atoms with Gasteiger partial charge in [-0.2, -0.15) is 5.26 Å². The molecule has 2 rings (SSSR count). The van der Waals surface area contributed by atoms with Crippen LogP contribution >= 0.6 is 0 Å². The number of hydrogen-bond donors (Lipinski definition) is 1. The molecule has 1 atom stereocenters. The maximum absolute atomic E-state index is 12.0. The van der Waals surface area contributed by atoms with E-state index in [1.54, 1.807) is 18.2 Å². The van der Waals surface area contributed by atoms with E-state index in [-0.39, 0.29) is 12.5 Å². The first-order chi connectivity index (χ1) is 12.0. The second kappa shape index (κ2) is 9.28. The number of amides is 1. The van der Waals surface area contributed by atoms with Gasteiger partial charge in [0.05, 0.1) is 18.7 Å². The highest BCUT2D eigenvalue weighted by Crippen LogP contribution is 2.27. The Morgan fingerprint density at radius 3 is 2.76 bits per heavy atom. The van der Waals surface area contributed by atoms with E-state index in [1.807, 2.05) is 6.07 Å². The number of benzene rings is 1. The number of rotatable bonds is 7. The number of carbonyl (C=O) groups excluding carboxylic acids is 1. The van der Waals surface area contributed by atoms with Crippen molar-refractivity contribution in [3.8, 4) is 17.6 Å². The summed E-state index contributed by atoms with van der Waals surface area (Å²) in [5.41, 5.74) is 0.485. The van der Waals surface area contributed by atoms with Gasteiger partial charge in [0, 0.05) is 18.7 Å². The van der Waals surface area contributed by atoms with Crippen molar-refractivity contribution in [1.29, 1.82) is 5.26 Å². The molecule has 0 saturated carbocycles. The van der Waals surface area contributed by atoms with E-state index in [1.165, 1.54) is 20.0 Å². The normalized spacial score (nSPS) is 16.7. The lowest BCUT2D eigenvalue weighted by Crippen LogP contribution is -2.46. The number of nitrogens with one attached hydrogen (secondary N) is 1. The molecule has 0 bridgehead atoms. The first-order valence-electron chi connectivity index (χ1n) is 8.75. The highest BCUT2D eigenvalue weighted by Gasteiger charge is 2.20. The predicted octanol–water partition coefficient (Wildman–Crippen LogP) is 2.18. The molecule has 6 heteroatoms. The average Bonchev–Trinajstić information content (AvgIpc) is 2.64. The summed E-state index contributed by atoms with van der Waals surface area (Å²) in [6, 6.07) is 7.23. The third-order valence-corrected chi connectivity index (χ3v) is 4.69. The van der Waals surface area contributed by atoms with Crippen molar-refractivity contribution >= 4 is 5.91 Å². The maximum atomic E-state index is 12.0. The van der Waals surface area contributed by atoms with Gasteiger partial charge in [-0.15, -0.1) is 0 Å². The molecule has 1 fully saturated rings. The molecule has 1 saturated heterocycles. The number of hydrogen-bond acceptors (Lipinski definition) is 5. The maximum Gasteiger partial charge on any atom is 0.257 e. The van der Waals surface area contributed by atoms with Crippen LogP contribution in [0.3, 0.4) is 0 Å². The fourth-order valence-corrected chi connectivity index (χ4v) is 2.91. The van der Waals surface area contributed by atoms with E-state index >= 15 is 0 Å². The predicted molar refractivity (Wildman–Crippen MR) is 95.6 cm³/mol. The van der Waals surface area contributed by atoms with Crippen molar-refractivity contribution in [2.45, 2.75) is 32.7 Å². The second-order valence-electron chi connectivity index (χ2n) is 6.64. The summed E-state index contributed by atoms with van der Waals surface area (Å²) < 4.78 is 10.7. The Bertz CT molecular complexity index is 619. The van der Waals surface area contributed by atoms with Gasteiger partial charge < -0.3 is 14.8 Å². The van der Waals surface area contributed by atoms with Gasteiger partial charge in [0.2, 0.25) is 0 Å². The van der Waals surface area contributed by atoms with Gasteiger partial charge in [-0.3, -0.25) is 9.69 Å². The summed E-state index contributed by atoms with van der Waals surface area (Å²) in [6.07, 6.45) is 2.44. The summed E-state index contributed by atoms with van der Waals surface area (Å²) in [5, 5.41) is 11.8. The number of ether oxygens (including phenoxy) is 2. The zero-order valence-corrected chi connectivity index (χ0v) is 15.2. The van der Waals surface area contributed by atoms with Gasteiger partial charge in [0.15, 0.2) is 18.1 Å². The van der Waals surface area contributed by atoms with Crippen LogP contribution < -0.4 is 14.8 Å². The van der Waals surface area contributed by atoms with Crippen molar-refractivity contribution in [2.24, 2.45) is 5.92 Å². The number of nitrogens with zero attached hydrogens (tertiary/aromatic N) is 2. The first-order valence-corrected chi connectivity index (χ1v) is 8.75. The van der Waals surface area contributed by atoms with E-state index < -0.39 is 0 Å². The molecule has 1 N–H and O–H groups in total. The molecular formula is C19H27N3O3. The van der Waals surface area contributed by atoms with Crippen LogP contribution in [0.4, 0.5) is 0 Å². The largest absolute Gasteiger partial charge is 0.493 e. The highest BCUT2D eigenvalue weighted by atomic mass is 16.5. The summed E-state index contributed by atoms with van der Waals surface area (Å²) in [7, 11) is 1.50. The van der Waals surface area contributed by atoms with E-state index in [2.05, 4.69) is 24.1 Å². The van der Waals surface area contributed by atoms with Crippen LogP contribution in [0.1, 0.15) is 32.3 Å². The van der Waals surface area contributed by atoms with Crippen LogP contribution in [0, 0.1) is 17.2 Å². The Hall–Kier alpha value is -2.26. The molecule has 0 radical (unpaired) electrons. The van der Waals surface area contributed by atoms with Crippen LogP contribution in [0.15, 0.2) is 18.2 Å². The molecule has 1 aromatic rings. The molecule has 1 aromatic carbocycles. The van der Waals surface area contributed by atoms with Gasteiger partial charge >= 0.3 is 0 Å². The Morgan fingerprint density at radius 1 is 1.40 bits per heavy atom. The van der Waals surface area contributed by atoms with Gasteiger partial charge in [0.25, 0.3) is 5.91 Å². The van der Waals surface area contributed by atoms with Crippen molar-refractivity contribution in [2.75, 3.05) is 33.4 Å². The molecule has 136 valence electrons.